The fourth-order valence-electron chi connectivity index (χ4n) is 4.04. The summed E-state index contributed by atoms with van der Waals surface area (Å²) in [5, 5.41) is 3.90. The molecule has 0 aromatic heterocycles. The van der Waals surface area contributed by atoms with Crippen LogP contribution in [-0.2, 0) is 19.6 Å². The third kappa shape index (κ3) is 4.35. The number of nitrogens with zero attached hydrogens (tertiary/aromatic N) is 3. The molecule has 0 spiro atoms. The Morgan fingerprint density at radius 2 is 1.77 bits per heavy atom. The number of amides is 4. The molecule has 2 saturated heterocycles. The molecule has 1 saturated carbocycles. The molecule has 3 aliphatic rings. The zero-order chi connectivity index (χ0) is 22.2. The van der Waals surface area contributed by atoms with E-state index < -0.39 is 21.6 Å². The van der Waals surface area contributed by atoms with E-state index in [1.165, 1.54) is 14.6 Å². The lowest BCUT2D eigenvalue weighted by atomic mass is 9.96. The van der Waals surface area contributed by atoms with Gasteiger partial charge in [-0.1, -0.05) is 30.3 Å². The molecule has 4 amide bonds. The fraction of sp³-hybridized carbons (Fsp3) is 0.476. The van der Waals surface area contributed by atoms with Crippen molar-refractivity contribution >= 4 is 33.9 Å². The summed E-state index contributed by atoms with van der Waals surface area (Å²) < 4.78 is 26.5. The highest BCUT2D eigenvalue weighted by Gasteiger charge is 2.56. The first kappa shape index (κ1) is 21.5. The average molecular weight is 447 g/mol. The number of carbonyl (C=O) groups excluding carboxylic acids is 3. The highest BCUT2D eigenvalue weighted by molar-refractivity contribution is 7.92. The zero-order valence-electron chi connectivity index (χ0n) is 17.4. The molecule has 4 rings (SSSR count). The van der Waals surface area contributed by atoms with E-state index >= 15 is 0 Å². The van der Waals surface area contributed by atoms with E-state index in [1.807, 2.05) is 30.3 Å². The van der Waals surface area contributed by atoms with Crippen molar-refractivity contribution in [1.82, 2.24) is 19.4 Å². The van der Waals surface area contributed by atoms with Gasteiger partial charge in [0.05, 0.1) is 0 Å². The summed E-state index contributed by atoms with van der Waals surface area (Å²) in [4.78, 5) is 40.1. The maximum absolute atomic E-state index is 12.7. The summed E-state index contributed by atoms with van der Waals surface area (Å²) in [6.07, 6.45) is 3.32. The highest BCUT2D eigenvalue weighted by atomic mass is 32.2. The van der Waals surface area contributed by atoms with Crippen LogP contribution in [0.3, 0.4) is 0 Å². The van der Waals surface area contributed by atoms with Crippen molar-refractivity contribution < 1.29 is 22.8 Å². The molecule has 2 heterocycles. The minimum absolute atomic E-state index is 0.127. The van der Waals surface area contributed by atoms with E-state index in [-0.39, 0.29) is 50.5 Å². The summed E-state index contributed by atoms with van der Waals surface area (Å²) in [6, 6.07) is 8.59. The Balaban J connectivity index is 1.32. The van der Waals surface area contributed by atoms with Crippen LogP contribution in [0.2, 0.25) is 0 Å². The van der Waals surface area contributed by atoms with Crippen molar-refractivity contribution in [3.05, 3.63) is 41.3 Å². The smallest absolute Gasteiger partial charge is 0.325 e. The van der Waals surface area contributed by atoms with Gasteiger partial charge in [0.2, 0.25) is 15.9 Å². The van der Waals surface area contributed by atoms with Crippen molar-refractivity contribution in [2.45, 2.75) is 25.3 Å². The molecule has 9 nitrogen and oxygen atoms in total. The first-order valence-corrected chi connectivity index (χ1v) is 11.9. The topological polar surface area (TPSA) is 107 Å². The number of hydrogen-bond acceptors (Lipinski definition) is 5. The monoisotopic (exact) mass is 446 g/mol. The number of nitrogens with one attached hydrogen (secondary N) is 1. The molecule has 0 radical (unpaired) electrons. The molecule has 1 unspecified atom stereocenters. The Morgan fingerprint density at radius 1 is 1.13 bits per heavy atom. The van der Waals surface area contributed by atoms with Gasteiger partial charge in [0.15, 0.2) is 0 Å². The van der Waals surface area contributed by atoms with Crippen LogP contribution in [-0.4, -0.2) is 78.6 Å². The van der Waals surface area contributed by atoms with E-state index in [9.17, 15) is 22.8 Å². The van der Waals surface area contributed by atoms with Crippen molar-refractivity contribution in [3.8, 4) is 0 Å². The second-order valence-corrected chi connectivity index (χ2v) is 10.2. The summed E-state index contributed by atoms with van der Waals surface area (Å²) >= 11 is 0. The Bertz CT molecular complexity index is 1010. The summed E-state index contributed by atoms with van der Waals surface area (Å²) in [5.74, 6) is -0.595. The van der Waals surface area contributed by atoms with Gasteiger partial charge < -0.3 is 10.2 Å². The van der Waals surface area contributed by atoms with Crippen LogP contribution in [0.15, 0.2) is 35.7 Å². The number of rotatable bonds is 6. The van der Waals surface area contributed by atoms with Crippen LogP contribution in [0.4, 0.5) is 4.79 Å². The van der Waals surface area contributed by atoms with Crippen LogP contribution < -0.4 is 5.32 Å². The third-order valence-electron chi connectivity index (χ3n) is 6.17. The third-order valence-corrected chi connectivity index (χ3v) is 7.74. The van der Waals surface area contributed by atoms with E-state index in [0.717, 1.165) is 23.3 Å². The van der Waals surface area contributed by atoms with Crippen molar-refractivity contribution in [2.75, 3.05) is 32.7 Å². The molecule has 10 heteroatoms. The molecule has 3 fully saturated rings. The van der Waals surface area contributed by atoms with Crippen LogP contribution in [0, 0.1) is 5.92 Å². The SMILES string of the molecule is CC1(C2CC2)NC(=O)N(CC(=O)N2CCN(S(=O)(=O)/C=C/c3ccccc3)CC2)C1=O. The summed E-state index contributed by atoms with van der Waals surface area (Å²) in [5.41, 5.74) is -0.137. The van der Waals surface area contributed by atoms with Crippen LogP contribution in [0.25, 0.3) is 6.08 Å². The number of piperazine rings is 1. The number of hydrogen-bond donors (Lipinski definition) is 1. The highest BCUT2D eigenvalue weighted by Crippen LogP contribution is 2.42. The zero-order valence-corrected chi connectivity index (χ0v) is 18.2. The average Bonchev–Trinajstić information content (AvgIpc) is 3.59. The first-order chi connectivity index (χ1) is 14.7. The van der Waals surface area contributed by atoms with Gasteiger partial charge in [0.1, 0.15) is 12.1 Å². The maximum Gasteiger partial charge on any atom is 0.325 e. The Hall–Kier alpha value is -2.72. The lowest BCUT2D eigenvalue weighted by Gasteiger charge is -2.34. The van der Waals surface area contributed by atoms with Crippen molar-refractivity contribution in [3.63, 3.8) is 0 Å². The molecule has 1 aromatic carbocycles. The normalized spacial score (nSPS) is 25.3. The summed E-state index contributed by atoms with van der Waals surface area (Å²) in [7, 11) is -3.60. The lowest BCUT2D eigenvalue weighted by Crippen LogP contribution is -2.53. The van der Waals surface area contributed by atoms with Gasteiger partial charge in [0, 0.05) is 31.6 Å². The van der Waals surface area contributed by atoms with E-state index in [0.29, 0.717) is 0 Å². The van der Waals surface area contributed by atoms with Gasteiger partial charge >= 0.3 is 6.03 Å². The maximum atomic E-state index is 12.7. The molecule has 1 aromatic rings. The van der Waals surface area contributed by atoms with E-state index in [1.54, 1.807) is 13.0 Å². The van der Waals surface area contributed by atoms with Gasteiger partial charge in [-0.15, -0.1) is 0 Å². The predicted octanol–water partition coefficient (Wildman–Crippen LogP) is 0.852. The second-order valence-electron chi connectivity index (χ2n) is 8.34. The molecule has 166 valence electrons. The minimum atomic E-state index is -3.60. The molecule has 31 heavy (non-hydrogen) atoms. The van der Waals surface area contributed by atoms with Crippen LogP contribution in [0.5, 0.6) is 0 Å². The number of imide groups is 1. The largest absolute Gasteiger partial charge is 0.338 e. The summed E-state index contributed by atoms with van der Waals surface area (Å²) in [6.45, 7) is 2.12. The number of carbonyl (C=O) groups is 3. The first-order valence-electron chi connectivity index (χ1n) is 10.4. The van der Waals surface area contributed by atoms with E-state index in [2.05, 4.69) is 5.32 Å². The number of urea groups is 1. The number of benzene rings is 1. The second kappa shape index (κ2) is 8.08. The Labute approximate surface area is 181 Å². The van der Waals surface area contributed by atoms with Crippen LogP contribution >= 0.6 is 0 Å². The quantitative estimate of drug-likeness (QED) is 0.652. The number of sulfonamides is 1. The molecule has 1 atom stereocenters. The van der Waals surface area contributed by atoms with E-state index in [4.69, 9.17) is 0 Å². The fourth-order valence-corrected chi connectivity index (χ4v) is 5.21. The molecular weight excluding hydrogens is 420 g/mol. The predicted molar refractivity (Wildman–Crippen MR) is 114 cm³/mol. The van der Waals surface area contributed by atoms with Gasteiger partial charge in [-0.3, -0.25) is 14.5 Å². The molecule has 0 bridgehead atoms. The lowest BCUT2D eigenvalue weighted by molar-refractivity contribution is -0.139. The van der Waals surface area contributed by atoms with Gasteiger partial charge in [0.25, 0.3) is 5.91 Å². The van der Waals surface area contributed by atoms with Crippen LogP contribution in [0.1, 0.15) is 25.3 Å². The minimum Gasteiger partial charge on any atom is -0.338 e. The van der Waals surface area contributed by atoms with Gasteiger partial charge in [-0.05, 0) is 37.3 Å². The molecule has 1 aliphatic carbocycles. The molecule has 1 N–H and O–H groups in total. The van der Waals surface area contributed by atoms with Gasteiger partial charge in [-0.2, -0.15) is 4.31 Å². The Kier molecular flexibility index (Phi) is 5.61. The van der Waals surface area contributed by atoms with Gasteiger partial charge in [-0.25, -0.2) is 13.2 Å². The van der Waals surface area contributed by atoms with Crippen molar-refractivity contribution in [1.29, 1.82) is 0 Å². The molecule has 2 aliphatic heterocycles. The molecular formula is C21H26N4O5S. The Morgan fingerprint density at radius 3 is 2.39 bits per heavy atom. The standard InChI is InChI=1S/C21H26N4O5S/c1-21(17-7-8-17)19(27)25(20(28)22-21)15-18(26)23-10-12-24(13-11-23)31(29,30)14-9-16-5-3-2-4-6-16/h2-6,9,14,17H,7-8,10-13,15H2,1H3,(H,22,28)/b14-9+. The van der Waals surface area contributed by atoms with Crippen molar-refractivity contribution in [2.24, 2.45) is 5.92 Å².